The summed E-state index contributed by atoms with van der Waals surface area (Å²) in [6, 6.07) is 11.4. The van der Waals surface area contributed by atoms with Crippen LogP contribution in [0.4, 0.5) is 5.82 Å². The van der Waals surface area contributed by atoms with Crippen molar-refractivity contribution in [3.63, 3.8) is 0 Å². The average Bonchev–Trinajstić information content (AvgIpc) is 3.34. The summed E-state index contributed by atoms with van der Waals surface area (Å²) >= 11 is 0. The first-order chi connectivity index (χ1) is 11.4. The summed E-state index contributed by atoms with van der Waals surface area (Å²) < 4.78 is 0. The third-order valence-corrected chi connectivity index (χ3v) is 5.14. The van der Waals surface area contributed by atoms with Gasteiger partial charge in [0.1, 0.15) is 17.8 Å². The molecule has 1 saturated carbocycles. The zero-order chi connectivity index (χ0) is 15.2. The first-order valence-corrected chi connectivity index (χ1v) is 8.56. The van der Waals surface area contributed by atoms with Gasteiger partial charge in [-0.1, -0.05) is 24.3 Å². The summed E-state index contributed by atoms with van der Waals surface area (Å²) in [4.78, 5) is 12.4. The van der Waals surface area contributed by atoms with Gasteiger partial charge in [-0.15, -0.1) is 0 Å². The van der Waals surface area contributed by atoms with Crippen LogP contribution in [0.15, 0.2) is 36.7 Å². The van der Waals surface area contributed by atoms with Crippen LogP contribution < -0.4 is 5.32 Å². The first kappa shape index (κ1) is 13.1. The van der Waals surface area contributed by atoms with Gasteiger partial charge in [-0.3, -0.25) is 0 Å². The number of aryl methyl sites for hydroxylation is 1. The molecule has 0 radical (unpaired) electrons. The van der Waals surface area contributed by atoms with Gasteiger partial charge < -0.3 is 10.3 Å². The zero-order valence-electron chi connectivity index (χ0n) is 13.0. The number of rotatable bonds is 3. The van der Waals surface area contributed by atoms with E-state index < -0.39 is 0 Å². The maximum absolute atomic E-state index is 4.52. The van der Waals surface area contributed by atoms with Gasteiger partial charge in [-0.25, -0.2) is 9.97 Å². The highest BCUT2D eigenvalue weighted by Gasteiger charge is 2.26. The van der Waals surface area contributed by atoms with Gasteiger partial charge in [0, 0.05) is 5.69 Å². The van der Waals surface area contributed by atoms with Crippen molar-refractivity contribution in [3.05, 3.63) is 53.5 Å². The second kappa shape index (κ2) is 5.08. The Hall–Kier alpha value is -2.36. The van der Waals surface area contributed by atoms with Gasteiger partial charge in [0.05, 0.1) is 11.4 Å². The Labute approximate surface area is 135 Å². The molecule has 4 nitrogen and oxygen atoms in total. The largest absolute Gasteiger partial charge is 0.363 e. The highest BCUT2D eigenvalue weighted by molar-refractivity contribution is 5.88. The minimum absolute atomic E-state index is 0.345. The second-order valence-electron chi connectivity index (χ2n) is 6.77. The Bertz CT molecular complexity index is 863. The van der Waals surface area contributed by atoms with Crippen LogP contribution in [0.5, 0.6) is 0 Å². The summed E-state index contributed by atoms with van der Waals surface area (Å²) in [5.41, 5.74) is 5.15. The zero-order valence-corrected chi connectivity index (χ0v) is 13.0. The fraction of sp³-hybridized carbons (Fsp3) is 0.368. The normalized spacial score (nSPS) is 20.4. The standard InChI is InChI=1S/C19H20N4/c1-2-6-14-12(4-1)5-3-7-16(14)22-18-15-10-17(13-8-9-13)23-19(15)21-11-20-18/h1-2,4,6,10-11,13,16H,3,5,7-9H2,(H2,20,21,22,23)/t16-/m0/s1. The van der Waals surface area contributed by atoms with Gasteiger partial charge in [-0.05, 0) is 55.2 Å². The monoisotopic (exact) mass is 304 g/mol. The van der Waals surface area contributed by atoms with Crippen LogP contribution in [-0.2, 0) is 6.42 Å². The van der Waals surface area contributed by atoms with Crippen molar-refractivity contribution in [3.8, 4) is 0 Å². The van der Waals surface area contributed by atoms with Crippen LogP contribution in [0, 0.1) is 0 Å². The van der Waals surface area contributed by atoms with Crippen LogP contribution in [0.3, 0.4) is 0 Å². The van der Waals surface area contributed by atoms with E-state index in [1.54, 1.807) is 6.33 Å². The molecule has 1 aromatic carbocycles. The molecule has 0 saturated heterocycles. The Balaban J connectivity index is 1.52. The van der Waals surface area contributed by atoms with Crippen molar-refractivity contribution in [2.24, 2.45) is 0 Å². The van der Waals surface area contributed by atoms with E-state index in [9.17, 15) is 0 Å². The van der Waals surface area contributed by atoms with Crippen molar-refractivity contribution in [1.82, 2.24) is 15.0 Å². The van der Waals surface area contributed by atoms with Gasteiger partial charge >= 0.3 is 0 Å². The third kappa shape index (κ3) is 2.29. The minimum Gasteiger partial charge on any atom is -0.363 e. The Morgan fingerprint density at radius 2 is 2.00 bits per heavy atom. The molecule has 0 unspecified atom stereocenters. The van der Waals surface area contributed by atoms with E-state index in [0.29, 0.717) is 12.0 Å². The number of hydrogen-bond donors (Lipinski definition) is 2. The molecule has 2 aliphatic rings. The van der Waals surface area contributed by atoms with Gasteiger partial charge in [0.15, 0.2) is 0 Å². The topological polar surface area (TPSA) is 53.6 Å². The highest BCUT2D eigenvalue weighted by Crippen LogP contribution is 2.41. The molecule has 2 aliphatic carbocycles. The van der Waals surface area contributed by atoms with E-state index in [2.05, 4.69) is 50.6 Å². The molecular weight excluding hydrogens is 284 g/mol. The molecule has 1 fully saturated rings. The molecule has 2 aromatic heterocycles. The number of hydrogen-bond acceptors (Lipinski definition) is 3. The van der Waals surface area contributed by atoms with Crippen LogP contribution in [0.2, 0.25) is 0 Å². The lowest BCUT2D eigenvalue weighted by molar-refractivity contribution is 0.599. The first-order valence-electron chi connectivity index (χ1n) is 8.56. The molecule has 0 bridgehead atoms. The molecule has 2 heterocycles. The molecular formula is C19H20N4. The molecule has 0 amide bonds. The molecule has 2 N–H and O–H groups in total. The second-order valence-corrected chi connectivity index (χ2v) is 6.77. The summed E-state index contributed by atoms with van der Waals surface area (Å²) in [7, 11) is 0. The molecule has 1 atom stereocenters. The molecule has 0 spiro atoms. The van der Waals surface area contributed by atoms with E-state index in [0.717, 1.165) is 23.3 Å². The number of anilines is 1. The third-order valence-electron chi connectivity index (χ3n) is 5.14. The Morgan fingerprint density at radius 3 is 2.91 bits per heavy atom. The minimum atomic E-state index is 0.345. The predicted molar refractivity (Wildman–Crippen MR) is 91.6 cm³/mol. The van der Waals surface area contributed by atoms with Crippen molar-refractivity contribution < 1.29 is 0 Å². The van der Waals surface area contributed by atoms with Crippen LogP contribution in [-0.4, -0.2) is 15.0 Å². The number of aromatic amines is 1. The quantitative estimate of drug-likeness (QED) is 0.757. The van der Waals surface area contributed by atoms with Crippen LogP contribution >= 0.6 is 0 Å². The van der Waals surface area contributed by atoms with Crippen LogP contribution in [0.25, 0.3) is 11.0 Å². The lowest BCUT2D eigenvalue weighted by Gasteiger charge is -2.26. The lowest BCUT2D eigenvalue weighted by atomic mass is 9.88. The fourth-order valence-electron chi connectivity index (χ4n) is 3.76. The van der Waals surface area contributed by atoms with Crippen molar-refractivity contribution in [2.45, 2.75) is 44.1 Å². The average molecular weight is 304 g/mol. The number of aromatic nitrogens is 3. The smallest absolute Gasteiger partial charge is 0.143 e. The molecule has 3 aromatic rings. The summed E-state index contributed by atoms with van der Waals surface area (Å²) in [6.45, 7) is 0. The molecule has 116 valence electrons. The number of H-pyrrole nitrogens is 1. The summed E-state index contributed by atoms with van der Waals surface area (Å²) in [6.07, 6.45) is 7.81. The number of fused-ring (bicyclic) bond motifs is 2. The van der Waals surface area contributed by atoms with E-state index in [-0.39, 0.29) is 0 Å². The maximum Gasteiger partial charge on any atom is 0.143 e. The van der Waals surface area contributed by atoms with Gasteiger partial charge in [0.2, 0.25) is 0 Å². The summed E-state index contributed by atoms with van der Waals surface area (Å²) in [5, 5.41) is 4.80. The summed E-state index contributed by atoms with van der Waals surface area (Å²) in [5.74, 6) is 1.66. The van der Waals surface area contributed by atoms with E-state index in [4.69, 9.17) is 0 Å². The van der Waals surface area contributed by atoms with E-state index >= 15 is 0 Å². The van der Waals surface area contributed by atoms with Crippen LogP contribution in [0.1, 0.15) is 54.5 Å². The van der Waals surface area contributed by atoms with E-state index in [1.165, 1.54) is 42.5 Å². The van der Waals surface area contributed by atoms with E-state index in [1.807, 2.05) is 0 Å². The molecule has 0 aliphatic heterocycles. The maximum atomic E-state index is 4.52. The molecule has 23 heavy (non-hydrogen) atoms. The molecule has 4 heteroatoms. The van der Waals surface area contributed by atoms with Gasteiger partial charge in [0.25, 0.3) is 0 Å². The number of benzene rings is 1. The Morgan fingerprint density at radius 1 is 1.09 bits per heavy atom. The highest BCUT2D eigenvalue weighted by atomic mass is 15.1. The SMILES string of the molecule is c1ccc2c(c1)CCC[C@@H]2Nc1ncnc2[nH]c(C3CC3)cc12. The van der Waals surface area contributed by atoms with Gasteiger partial charge in [-0.2, -0.15) is 0 Å². The fourth-order valence-corrected chi connectivity index (χ4v) is 3.76. The van der Waals surface area contributed by atoms with Crippen molar-refractivity contribution >= 4 is 16.9 Å². The number of nitrogens with zero attached hydrogens (tertiary/aromatic N) is 2. The van der Waals surface area contributed by atoms with Crippen molar-refractivity contribution in [2.75, 3.05) is 5.32 Å². The Kier molecular flexibility index (Phi) is 2.90. The lowest BCUT2D eigenvalue weighted by Crippen LogP contribution is -2.18. The molecule has 5 rings (SSSR count). The number of nitrogens with one attached hydrogen (secondary N) is 2. The van der Waals surface area contributed by atoms with Crippen molar-refractivity contribution in [1.29, 1.82) is 0 Å². The predicted octanol–water partition coefficient (Wildman–Crippen LogP) is 4.32.